The van der Waals surface area contributed by atoms with Crippen LogP contribution in [0.25, 0.3) is 0 Å². The van der Waals surface area contributed by atoms with Gasteiger partial charge in [0.25, 0.3) is 0 Å². The van der Waals surface area contributed by atoms with Gasteiger partial charge >= 0.3 is 5.97 Å². The van der Waals surface area contributed by atoms with Crippen molar-refractivity contribution < 1.29 is 14.6 Å². The number of nitrogens with one attached hydrogen (secondary N) is 1. The number of hydrogen-bond donors (Lipinski definition) is 2. The molecular formula is C8H13NO3. The van der Waals surface area contributed by atoms with Gasteiger partial charge in [0, 0.05) is 18.5 Å². The lowest BCUT2D eigenvalue weighted by molar-refractivity contribution is -0.139. The van der Waals surface area contributed by atoms with Crippen molar-refractivity contribution in [1.29, 1.82) is 0 Å². The summed E-state index contributed by atoms with van der Waals surface area (Å²) in [6.07, 6.45) is 1.01. The van der Waals surface area contributed by atoms with Gasteiger partial charge in [0.05, 0.1) is 19.1 Å². The first-order valence-electron chi connectivity index (χ1n) is 4.24. The average Bonchev–Trinajstić information content (AvgIpc) is 2.29. The molecule has 0 saturated carbocycles. The molecule has 0 radical (unpaired) electrons. The van der Waals surface area contributed by atoms with E-state index in [-0.39, 0.29) is 17.9 Å². The second-order valence-electron chi connectivity index (χ2n) is 3.84. The van der Waals surface area contributed by atoms with Crippen molar-refractivity contribution in [3.63, 3.8) is 0 Å². The Hall–Kier alpha value is -0.610. The van der Waals surface area contributed by atoms with Gasteiger partial charge in [0.15, 0.2) is 0 Å². The van der Waals surface area contributed by atoms with E-state index in [4.69, 9.17) is 9.84 Å². The maximum absolute atomic E-state index is 10.4. The maximum atomic E-state index is 10.4. The quantitative estimate of drug-likeness (QED) is 0.606. The minimum Gasteiger partial charge on any atom is -0.481 e. The summed E-state index contributed by atoms with van der Waals surface area (Å²) in [6.45, 7) is 2.71. The summed E-state index contributed by atoms with van der Waals surface area (Å²) in [6, 6.07) is 0. The van der Waals surface area contributed by atoms with E-state index in [0.717, 1.165) is 26.1 Å². The van der Waals surface area contributed by atoms with Gasteiger partial charge in [0.2, 0.25) is 0 Å². The molecule has 0 aliphatic carbocycles. The van der Waals surface area contributed by atoms with E-state index in [1.54, 1.807) is 0 Å². The molecule has 0 aromatic rings. The molecule has 2 heterocycles. The zero-order valence-electron chi connectivity index (χ0n) is 6.88. The molecule has 2 rings (SSSR count). The minimum absolute atomic E-state index is 0.0513. The Morgan fingerprint density at radius 3 is 2.83 bits per heavy atom. The topological polar surface area (TPSA) is 58.6 Å². The van der Waals surface area contributed by atoms with Crippen LogP contribution in [0.4, 0.5) is 0 Å². The number of ether oxygens (including phenoxy) is 1. The summed E-state index contributed by atoms with van der Waals surface area (Å²) in [5.41, 5.74) is 0.278. The molecular weight excluding hydrogens is 158 g/mol. The van der Waals surface area contributed by atoms with E-state index in [2.05, 4.69) is 5.32 Å². The van der Waals surface area contributed by atoms with Crippen molar-refractivity contribution in [2.75, 3.05) is 19.7 Å². The summed E-state index contributed by atoms with van der Waals surface area (Å²) in [5, 5.41) is 11.7. The number of rotatable bonds is 2. The maximum Gasteiger partial charge on any atom is 0.305 e. The highest BCUT2D eigenvalue weighted by molar-refractivity contribution is 5.67. The third kappa shape index (κ3) is 1.32. The summed E-state index contributed by atoms with van der Waals surface area (Å²) < 4.78 is 5.40. The van der Waals surface area contributed by atoms with Crippen LogP contribution in [0.5, 0.6) is 0 Å². The van der Waals surface area contributed by atoms with Crippen molar-refractivity contribution in [2.45, 2.75) is 18.9 Å². The highest BCUT2D eigenvalue weighted by Crippen LogP contribution is 2.36. The molecule has 68 valence electrons. The largest absolute Gasteiger partial charge is 0.481 e. The lowest BCUT2D eigenvalue weighted by atomic mass is 9.79. The van der Waals surface area contributed by atoms with Gasteiger partial charge in [0.1, 0.15) is 0 Å². The molecule has 2 fully saturated rings. The Balaban J connectivity index is 1.85. The monoisotopic (exact) mass is 171 g/mol. The van der Waals surface area contributed by atoms with E-state index in [1.807, 2.05) is 0 Å². The SMILES string of the molecule is O=C(O)CC1CC2(CNC2)CO1. The Kier molecular flexibility index (Phi) is 1.81. The van der Waals surface area contributed by atoms with Crippen LogP contribution in [0.2, 0.25) is 0 Å². The van der Waals surface area contributed by atoms with E-state index < -0.39 is 5.97 Å². The first-order chi connectivity index (χ1) is 5.70. The highest BCUT2D eigenvalue weighted by Gasteiger charge is 2.45. The van der Waals surface area contributed by atoms with Crippen LogP contribution in [0, 0.1) is 5.41 Å². The Morgan fingerprint density at radius 1 is 1.67 bits per heavy atom. The molecule has 1 spiro atoms. The number of carboxylic acids is 1. The molecule has 0 aromatic carbocycles. The van der Waals surface area contributed by atoms with Gasteiger partial charge in [-0.2, -0.15) is 0 Å². The Bertz CT molecular complexity index is 200. The van der Waals surface area contributed by atoms with Crippen LogP contribution in [0.1, 0.15) is 12.8 Å². The third-order valence-electron chi connectivity index (χ3n) is 2.69. The number of aliphatic carboxylic acids is 1. The molecule has 2 N–H and O–H groups in total. The third-order valence-corrected chi connectivity index (χ3v) is 2.69. The predicted molar refractivity (Wildman–Crippen MR) is 41.9 cm³/mol. The van der Waals surface area contributed by atoms with Crippen LogP contribution in [0.15, 0.2) is 0 Å². The molecule has 1 unspecified atom stereocenters. The first-order valence-corrected chi connectivity index (χ1v) is 4.24. The van der Waals surface area contributed by atoms with Gasteiger partial charge in [-0.15, -0.1) is 0 Å². The van der Waals surface area contributed by atoms with Crippen LogP contribution >= 0.6 is 0 Å². The molecule has 2 aliphatic heterocycles. The molecule has 0 aromatic heterocycles. The van der Waals surface area contributed by atoms with Gasteiger partial charge in [-0.05, 0) is 6.42 Å². The molecule has 4 nitrogen and oxygen atoms in total. The lowest BCUT2D eigenvalue weighted by Gasteiger charge is -2.37. The van der Waals surface area contributed by atoms with Gasteiger partial charge < -0.3 is 15.2 Å². The molecule has 4 heteroatoms. The highest BCUT2D eigenvalue weighted by atomic mass is 16.5. The summed E-state index contributed by atoms with van der Waals surface area (Å²) >= 11 is 0. The van der Waals surface area contributed by atoms with Gasteiger partial charge in [-0.3, -0.25) is 4.79 Å². The second kappa shape index (κ2) is 2.71. The Labute approximate surface area is 70.9 Å². The van der Waals surface area contributed by atoms with Gasteiger partial charge in [-0.25, -0.2) is 0 Å². The standard InChI is InChI=1S/C8H13NO3/c10-7(11)1-6-2-8(5-12-6)3-9-4-8/h6,9H,1-5H2,(H,10,11). The van der Waals surface area contributed by atoms with Crippen molar-refractivity contribution >= 4 is 5.97 Å². The van der Waals surface area contributed by atoms with Crippen LogP contribution in [-0.4, -0.2) is 36.9 Å². The zero-order chi connectivity index (χ0) is 8.60. The van der Waals surface area contributed by atoms with Crippen molar-refractivity contribution in [3.8, 4) is 0 Å². The smallest absolute Gasteiger partial charge is 0.305 e. The number of carboxylic acid groups (broad SMARTS) is 1. The normalized spacial score (nSPS) is 31.8. The Morgan fingerprint density at radius 2 is 2.42 bits per heavy atom. The van der Waals surface area contributed by atoms with Crippen molar-refractivity contribution in [2.24, 2.45) is 5.41 Å². The van der Waals surface area contributed by atoms with E-state index in [1.165, 1.54) is 0 Å². The number of carbonyl (C=O) groups is 1. The predicted octanol–water partition coefficient (Wildman–Crippen LogP) is -0.160. The molecule has 0 amide bonds. The van der Waals surface area contributed by atoms with Crippen molar-refractivity contribution in [3.05, 3.63) is 0 Å². The fourth-order valence-corrected chi connectivity index (χ4v) is 1.95. The lowest BCUT2D eigenvalue weighted by Crippen LogP contribution is -2.53. The molecule has 2 aliphatic rings. The molecule has 2 saturated heterocycles. The molecule has 12 heavy (non-hydrogen) atoms. The van der Waals surface area contributed by atoms with Crippen LogP contribution < -0.4 is 5.32 Å². The molecule has 1 atom stereocenters. The van der Waals surface area contributed by atoms with Crippen LogP contribution in [0.3, 0.4) is 0 Å². The van der Waals surface area contributed by atoms with E-state index >= 15 is 0 Å². The molecule has 0 bridgehead atoms. The average molecular weight is 171 g/mol. The first kappa shape index (κ1) is 8.01. The van der Waals surface area contributed by atoms with Crippen molar-refractivity contribution in [1.82, 2.24) is 5.32 Å². The zero-order valence-corrected chi connectivity index (χ0v) is 6.88. The summed E-state index contributed by atoms with van der Waals surface area (Å²) in [7, 11) is 0. The van der Waals surface area contributed by atoms with E-state index in [0.29, 0.717) is 0 Å². The minimum atomic E-state index is -0.760. The van der Waals surface area contributed by atoms with Crippen LogP contribution in [-0.2, 0) is 9.53 Å². The fraction of sp³-hybridized carbons (Fsp3) is 0.875. The van der Waals surface area contributed by atoms with Gasteiger partial charge in [-0.1, -0.05) is 0 Å². The fourth-order valence-electron chi connectivity index (χ4n) is 1.95. The summed E-state index contributed by atoms with van der Waals surface area (Å²) in [4.78, 5) is 10.4. The van der Waals surface area contributed by atoms with E-state index in [9.17, 15) is 4.79 Å². The second-order valence-corrected chi connectivity index (χ2v) is 3.84. The number of hydrogen-bond acceptors (Lipinski definition) is 3. The summed E-state index contributed by atoms with van der Waals surface area (Å²) in [5.74, 6) is -0.760.